The number of rotatable bonds is 6. The molecule has 3 aliphatic carbocycles. The van der Waals surface area contributed by atoms with E-state index >= 15 is 4.39 Å². The van der Waals surface area contributed by atoms with E-state index in [-0.39, 0.29) is 5.82 Å². The minimum Gasteiger partial charge on any atom is -0.381 e. The fourth-order valence-electron chi connectivity index (χ4n) is 6.49. The van der Waals surface area contributed by atoms with E-state index in [9.17, 15) is 0 Å². The van der Waals surface area contributed by atoms with Crippen LogP contribution in [0.4, 0.5) is 4.39 Å². The average Bonchev–Trinajstić information content (AvgIpc) is 2.73. The van der Waals surface area contributed by atoms with Crippen LogP contribution >= 0.6 is 0 Å². The molecule has 0 saturated heterocycles. The molecule has 0 bridgehead atoms. The number of methoxy groups -OCH3 is 1. The van der Waals surface area contributed by atoms with Crippen LogP contribution in [-0.4, -0.2) is 13.2 Å². The zero-order chi connectivity index (χ0) is 19.5. The lowest BCUT2D eigenvalue weighted by Gasteiger charge is -2.42. The van der Waals surface area contributed by atoms with Gasteiger partial charge in [-0.15, -0.1) is 0 Å². The number of ether oxygens (including phenoxy) is 1. The molecule has 0 spiro atoms. The van der Waals surface area contributed by atoms with Crippen LogP contribution in [0, 0.1) is 23.6 Å². The summed E-state index contributed by atoms with van der Waals surface area (Å²) in [4.78, 5) is 0. The van der Waals surface area contributed by atoms with Crippen molar-refractivity contribution in [1.29, 1.82) is 0 Å². The zero-order valence-electron chi connectivity index (χ0n) is 18.0. The van der Waals surface area contributed by atoms with Gasteiger partial charge in [-0.2, -0.15) is 0 Å². The van der Waals surface area contributed by atoms with Crippen molar-refractivity contribution in [3.8, 4) is 0 Å². The third kappa shape index (κ3) is 4.32. The zero-order valence-corrected chi connectivity index (χ0v) is 18.0. The summed E-state index contributed by atoms with van der Waals surface area (Å²) in [5.41, 5.74) is 3.41. The van der Waals surface area contributed by atoms with Gasteiger partial charge in [-0.25, -0.2) is 4.39 Å². The Morgan fingerprint density at radius 2 is 1.82 bits per heavy atom. The molecule has 3 aliphatic rings. The average molecular weight is 387 g/mol. The van der Waals surface area contributed by atoms with E-state index < -0.39 is 0 Å². The number of hydrogen-bond acceptors (Lipinski definition) is 1. The van der Waals surface area contributed by atoms with Gasteiger partial charge in [0.05, 0.1) is 6.10 Å². The lowest BCUT2D eigenvalue weighted by atomic mass is 9.65. The minimum atomic E-state index is 0.165. The monoisotopic (exact) mass is 386 g/mol. The Morgan fingerprint density at radius 1 is 1.00 bits per heavy atom. The Morgan fingerprint density at radius 3 is 2.64 bits per heavy atom. The first-order chi connectivity index (χ1) is 13.7. The molecule has 2 heteroatoms. The number of benzene rings is 1. The Labute approximate surface area is 171 Å². The molecule has 0 N–H and O–H groups in total. The van der Waals surface area contributed by atoms with Crippen molar-refractivity contribution in [2.24, 2.45) is 17.8 Å². The number of unbranched alkanes of at least 4 members (excludes halogenated alkanes) is 2. The predicted octanol–water partition coefficient (Wildman–Crippen LogP) is 7.21. The maximum atomic E-state index is 15.5. The van der Waals surface area contributed by atoms with Crippen molar-refractivity contribution >= 4 is 0 Å². The molecule has 0 amide bonds. The van der Waals surface area contributed by atoms with Crippen molar-refractivity contribution in [2.45, 2.75) is 102 Å². The highest BCUT2D eigenvalue weighted by molar-refractivity contribution is 5.38. The van der Waals surface area contributed by atoms with Crippen molar-refractivity contribution in [2.75, 3.05) is 7.11 Å². The van der Waals surface area contributed by atoms with Gasteiger partial charge in [0.2, 0.25) is 0 Å². The third-order valence-corrected chi connectivity index (χ3v) is 8.24. The largest absolute Gasteiger partial charge is 0.381 e. The molecule has 0 radical (unpaired) electrons. The standard InChI is InChI=1S/C26H39FO/c1-3-4-5-6-18-7-13-24-21(15-18)11-14-25(26(24)27)22-9-8-20-17-23(28-2)12-10-19(20)16-22/h11,14,18-20,22-23H,3-10,12-13,15-17H2,1-2H3. The van der Waals surface area contributed by atoms with E-state index in [1.807, 2.05) is 7.11 Å². The van der Waals surface area contributed by atoms with Crippen molar-refractivity contribution in [1.82, 2.24) is 0 Å². The fourth-order valence-corrected chi connectivity index (χ4v) is 6.49. The van der Waals surface area contributed by atoms with Crippen LogP contribution < -0.4 is 0 Å². The van der Waals surface area contributed by atoms with Crippen LogP contribution in [0.3, 0.4) is 0 Å². The lowest BCUT2D eigenvalue weighted by Crippen LogP contribution is -2.33. The molecule has 0 aromatic heterocycles. The van der Waals surface area contributed by atoms with Gasteiger partial charge in [0.15, 0.2) is 0 Å². The molecule has 2 fully saturated rings. The highest BCUT2D eigenvalue weighted by Gasteiger charge is 2.37. The molecule has 1 nitrogen and oxygen atoms in total. The summed E-state index contributed by atoms with van der Waals surface area (Å²) in [6, 6.07) is 4.45. The summed E-state index contributed by atoms with van der Waals surface area (Å²) < 4.78 is 21.1. The van der Waals surface area contributed by atoms with Crippen molar-refractivity contribution in [3.63, 3.8) is 0 Å². The van der Waals surface area contributed by atoms with Gasteiger partial charge in [-0.1, -0.05) is 44.7 Å². The van der Waals surface area contributed by atoms with Gasteiger partial charge in [0.25, 0.3) is 0 Å². The van der Waals surface area contributed by atoms with Crippen molar-refractivity contribution < 1.29 is 9.13 Å². The molecule has 0 heterocycles. The summed E-state index contributed by atoms with van der Waals surface area (Å²) in [5.74, 6) is 2.96. The maximum Gasteiger partial charge on any atom is 0.130 e. The summed E-state index contributed by atoms with van der Waals surface area (Å²) >= 11 is 0. The van der Waals surface area contributed by atoms with Gasteiger partial charge >= 0.3 is 0 Å². The molecule has 1 aromatic rings. The first-order valence-corrected chi connectivity index (χ1v) is 12.0. The van der Waals surface area contributed by atoms with Gasteiger partial charge in [0.1, 0.15) is 5.82 Å². The van der Waals surface area contributed by atoms with Crippen molar-refractivity contribution in [3.05, 3.63) is 34.6 Å². The topological polar surface area (TPSA) is 9.23 Å². The van der Waals surface area contributed by atoms with Gasteiger partial charge in [-0.3, -0.25) is 0 Å². The molecule has 2 saturated carbocycles. The van der Waals surface area contributed by atoms with E-state index in [0.717, 1.165) is 48.1 Å². The van der Waals surface area contributed by atoms with Crippen LogP contribution in [0.25, 0.3) is 0 Å². The van der Waals surface area contributed by atoms with Crippen LogP contribution in [0.15, 0.2) is 12.1 Å². The normalized spacial score (nSPS) is 32.6. The fraction of sp³-hybridized carbons (Fsp3) is 0.769. The third-order valence-electron chi connectivity index (χ3n) is 8.24. The van der Waals surface area contributed by atoms with Gasteiger partial charge < -0.3 is 4.74 Å². The quantitative estimate of drug-likeness (QED) is 0.469. The smallest absolute Gasteiger partial charge is 0.130 e. The number of fused-ring (bicyclic) bond motifs is 2. The second kappa shape index (κ2) is 9.28. The SMILES string of the molecule is CCCCCC1CCc2c(ccc(C3CCC4CC(OC)CCC4C3)c2F)C1. The number of halogens is 1. The van der Waals surface area contributed by atoms with Crippen LogP contribution in [-0.2, 0) is 17.6 Å². The van der Waals surface area contributed by atoms with E-state index in [1.54, 1.807) is 0 Å². The lowest BCUT2D eigenvalue weighted by molar-refractivity contribution is 0.0121. The Balaban J connectivity index is 1.42. The highest BCUT2D eigenvalue weighted by atomic mass is 19.1. The maximum absolute atomic E-state index is 15.5. The van der Waals surface area contributed by atoms with Crippen LogP contribution in [0.2, 0.25) is 0 Å². The molecule has 5 atom stereocenters. The van der Waals surface area contributed by atoms with E-state index in [4.69, 9.17) is 4.74 Å². The Bertz CT molecular complexity index is 654. The summed E-state index contributed by atoms with van der Waals surface area (Å²) in [5, 5.41) is 0. The molecule has 4 rings (SSSR count). The Kier molecular flexibility index (Phi) is 6.76. The number of hydrogen-bond donors (Lipinski definition) is 0. The van der Waals surface area contributed by atoms with Gasteiger partial charge in [0, 0.05) is 7.11 Å². The summed E-state index contributed by atoms with van der Waals surface area (Å²) in [7, 11) is 1.85. The van der Waals surface area contributed by atoms with Crippen LogP contribution in [0.1, 0.15) is 100 Å². The van der Waals surface area contributed by atoms with E-state index in [1.165, 1.54) is 69.8 Å². The minimum absolute atomic E-state index is 0.165. The van der Waals surface area contributed by atoms with Gasteiger partial charge in [-0.05, 0) is 98.1 Å². The first-order valence-electron chi connectivity index (χ1n) is 12.0. The predicted molar refractivity (Wildman–Crippen MR) is 114 cm³/mol. The molecule has 28 heavy (non-hydrogen) atoms. The second-order valence-electron chi connectivity index (χ2n) is 9.91. The molecular formula is C26H39FO. The van der Waals surface area contributed by atoms with E-state index in [2.05, 4.69) is 19.1 Å². The first kappa shape index (κ1) is 20.4. The second-order valence-corrected chi connectivity index (χ2v) is 9.91. The Hall–Kier alpha value is -0.890. The molecule has 5 unspecified atom stereocenters. The molecule has 0 aliphatic heterocycles. The molecule has 156 valence electrons. The van der Waals surface area contributed by atoms with E-state index in [0.29, 0.717) is 12.0 Å². The molecular weight excluding hydrogens is 347 g/mol. The van der Waals surface area contributed by atoms with Crippen LogP contribution in [0.5, 0.6) is 0 Å². The highest BCUT2D eigenvalue weighted by Crippen LogP contribution is 2.47. The summed E-state index contributed by atoms with van der Waals surface area (Å²) in [6.07, 6.45) is 16.3. The molecule has 1 aromatic carbocycles. The summed E-state index contributed by atoms with van der Waals surface area (Å²) in [6.45, 7) is 2.27.